The molecule has 7 nitrogen and oxygen atoms in total. The first kappa shape index (κ1) is 16.2. The van der Waals surface area contributed by atoms with Crippen LogP contribution in [0.15, 0.2) is 22.8 Å². The third kappa shape index (κ3) is 3.46. The molecule has 0 amide bonds. The van der Waals surface area contributed by atoms with E-state index in [0.29, 0.717) is 30.3 Å². The topological polar surface area (TPSA) is 87.5 Å². The predicted molar refractivity (Wildman–Crippen MR) is 84.6 cm³/mol. The van der Waals surface area contributed by atoms with E-state index in [1.54, 1.807) is 36.9 Å². The largest absolute Gasteiger partial charge is 0.461 e. The minimum atomic E-state index is -1.03. The van der Waals surface area contributed by atoms with Gasteiger partial charge in [-0.05, 0) is 45.9 Å². The van der Waals surface area contributed by atoms with Gasteiger partial charge in [0, 0.05) is 13.1 Å². The summed E-state index contributed by atoms with van der Waals surface area (Å²) in [5.74, 6) is 1.48. The molecule has 0 aliphatic carbocycles. The number of likely N-dealkylation sites (tertiary alicyclic amines) is 1. The van der Waals surface area contributed by atoms with Crippen LogP contribution in [0, 0.1) is 0 Å². The highest BCUT2D eigenvalue weighted by Gasteiger charge is 2.39. The zero-order chi connectivity index (χ0) is 16.7. The summed E-state index contributed by atoms with van der Waals surface area (Å²) >= 11 is 0. The van der Waals surface area contributed by atoms with Crippen LogP contribution < -0.4 is 0 Å². The van der Waals surface area contributed by atoms with Crippen LogP contribution in [0.1, 0.15) is 32.5 Å². The minimum absolute atomic E-state index is 0.258. The van der Waals surface area contributed by atoms with Crippen molar-refractivity contribution in [2.24, 2.45) is 0 Å². The van der Waals surface area contributed by atoms with Crippen LogP contribution in [-0.4, -0.2) is 55.6 Å². The lowest BCUT2D eigenvalue weighted by Gasteiger charge is -2.36. The number of piperidine rings is 1. The van der Waals surface area contributed by atoms with E-state index in [4.69, 9.17) is 4.42 Å². The Kier molecular flexibility index (Phi) is 4.03. The van der Waals surface area contributed by atoms with Crippen LogP contribution in [0.2, 0.25) is 0 Å². The predicted octanol–water partition coefficient (Wildman–Crippen LogP) is 1.22. The van der Waals surface area contributed by atoms with Crippen molar-refractivity contribution in [3.05, 3.63) is 24.2 Å². The Balaban J connectivity index is 2.00. The van der Waals surface area contributed by atoms with Crippen molar-refractivity contribution in [3.8, 4) is 11.6 Å². The standard InChI is InChI=1S/C16H24N4O3/c1-15(2,21)11-20-14(16(22)6-8-19(3)9-7-16)17-13(18-20)12-5-4-10-23-12/h4-5,10,21-22H,6-9,11H2,1-3H3. The Bertz CT molecular complexity index is 649. The third-order valence-electron chi connectivity index (χ3n) is 4.18. The monoisotopic (exact) mass is 320 g/mol. The Morgan fingerprint density at radius 3 is 2.61 bits per heavy atom. The van der Waals surface area contributed by atoms with E-state index < -0.39 is 11.2 Å². The number of aromatic nitrogens is 3. The first-order valence-corrected chi connectivity index (χ1v) is 7.89. The van der Waals surface area contributed by atoms with Gasteiger partial charge >= 0.3 is 0 Å². The van der Waals surface area contributed by atoms with Crippen LogP contribution in [0.3, 0.4) is 0 Å². The quantitative estimate of drug-likeness (QED) is 0.881. The molecule has 2 aromatic rings. The molecule has 7 heteroatoms. The number of nitrogens with zero attached hydrogens (tertiary/aromatic N) is 4. The maximum absolute atomic E-state index is 11.1. The summed E-state index contributed by atoms with van der Waals surface area (Å²) in [6.07, 6.45) is 2.74. The Morgan fingerprint density at radius 1 is 1.35 bits per heavy atom. The van der Waals surface area contributed by atoms with Gasteiger partial charge in [-0.2, -0.15) is 0 Å². The van der Waals surface area contributed by atoms with Crippen LogP contribution in [0.25, 0.3) is 11.6 Å². The molecule has 0 unspecified atom stereocenters. The van der Waals surface area contributed by atoms with E-state index in [-0.39, 0.29) is 6.54 Å². The molecule has 1 saturated heterocycles. The number of aliphatic hydroxyl groups is 2. The van der Waals surface area contributed by atoms with Crippen molar-refractivity contribution in [1.29, 1.82) is 0 Å². The van der Waals surface area contributed by atoms with Crippen molar-refractivity contribution in [2.75, 3.05) is 20.1 Å². The second kappa shape index (κ2) is 5.74. The Labute approximate surface area is 135 Å². The molecule has 2 N–H and O–H groups in total. The SMILES string of the molecule is CN1CCC(O)(c2nc(-c3ccco3)nn2CC(C)(C)O)CC1. The zero-order valence-electron chi connectivity index (χ0n) is 13.9. The minimum Gasteiger partial charge on any atom is -0.461 e. The molecule has 0 atom stereocenters. The van der Waals surface area contributed by atoms with Gasteiger partial charge in [0.05, 0.1) is 18.4 Å². The fraction of sp³-hybridized carbons (Fsp3) is 0.625. The first-order valence-electron chi connectivity index (χ1n) is 7.89. The molecular formula is C16H24N4O3. The van der Waals surface area contributed by atoms with E-state index in [2.05, 4.69) is 15.0 Å². The summed E-state index contributed by atoms with van der Waals surface area (Å²) in [5.41, 5.74) is -1.99. The number of rotatable bonds is 4. The summed E-state index contributed by atoms with van der Waals surface area (Å²) in [5, 5.41) is 25.7. The zero-order valence-corrected chi connectivity index (χ0v) is 13.9. The smallest absolute Gasteiger partial charge is 0.217 e. The molecule has 1 fully saturated rings. The lowest BCUT2D eigenvalue weighted by molar-refractivity contribution is -0.0348. The average molecular weight is 320 g/mol. The van der Waals surface area contributed by atoms with E-state index in [1.165, 1.54) is 0 Å². The van der Waals surface area contributed by atoms with Gasteiger partial charge in [-0.15, -0.1) is 5.10 Å². The summed E-state index contributed by atoms with van der Waals surface area (Å²) in [6, 6.07) is 3.56. The molecule has 0 bridgehead atoms. The lowest BCUT2D eigenvalue weighted by Crippen LogP contribution is -2.43. The van der Waals surface area contributed by atoms with E-state index >= 15 is 0 Å². The number of hydrogen-bond donors (Lipinski definition) is 2. The summed E-state index contributed by atoms with van der Waals surface area (Å²) in [6.45, 7) is 5.27. The second-order valence-electron chi connectivity index (χ2n) is 7.04. The maximum atomic E-state index is 11.1. The molecule has 2 aromatic heterocycles. The van der Waals surface area contributed by atoms with Crippen molar-refractivity contribution in [1.82, 2.24) is 19.7 Å². The fourth-order valence-electron chi connectivity index (χ4n) is 2.89. The first-order chi connectivity index (χ1) is 10.8. The number of hydrogen-bond acceptors (Lipinski definition) is 6. The Morgan fingerprint density at radius 2 is 2.04 bits per heavy atom. The Hall–Kier alpha value is -1.70. The van der Waals surface area contributed by atoms with Crippen LogP contribution in [-0.2, 0) is 12.1 Å². The van der Waals surface area contributed by atoms with Crippen LogP contribution >= 0.6 is 0 Å². The van der Waals surface area contributed by atoms with Gasteiger partial charge in [0.25, 0.3) is 0 Å². The number of furan rings is 1. The van der Waals surface area contributed by atoms with Crippen molar-refractivity contribution in [3.63, 3.8) is 0 Å². The van der Waals surface area contributed by atoms with Gasteiger partial charge in [-0.1, -0.05) is 0 Å². The molecule has 0 saturated carbocycles. The van der Waals surface area contributed by atoms with Crippen LogP contribution in [0.5, 0.6) is 0 Å². The van der Waals surface area contributed by atoms with Gasteiger partial charge in [0.2, 0.25) is 5.82 Å². The molecule has 0 radical (unpaired) electrons. The molecular weight excluding hydrogens is 296 g/mol. The van der Waals surface area contributed by atoms with Gasteiger partial charge in [0.15, 0.2) is 11.6 Å². The fourth-order valence-corrected chi connectivity index (χ4v) is 2.89. The van der Waals surface area contributed by atoms with Crippen molar-refractivity contribution in [2.45, 2.75) is 44.4 Å². The summed E-state index contributed by atoms with van der Waals surface area (Å²) < 4.78 is 6.98. The molecule has 126 valence electrons. The van der Waals surface area contributed by atoms with E-state index in [1.807, 2.05) is 7.05 Å². The highest BCUT2D eigenvalue weighted by Crippen LogP contribution is 2.33. The maximum Gasteiger partial charge on any atom is 0.217 e. The lowest BCUT2D eigenvalue weighted by atomic mass is 9.90. The van der Waals surface area contributed by atoms with E-state index in [9.17, 15) is 10.2 Å². The molecule has 23 heavy (non-hydrogen) atoms. The van der Waals surface area contributed by atoms with E-state index in [0.717, 1.165) is 13.1 Å². The molecule has 0 spiro atoms. The average Bonchev–Trinajstić information content (AvgIpc) is 3.09. The third-order valence-corrected chi connectivity index (χ3v) is 4.18. The highest BCUT2D eigenvalue weighted by molar-refractivity contribution is 5.45. The molecule has 3 heterocycles. The molecule has 3 rings (SSSR count). The van der Waals surface area contributed by atoms with Gasteiger partial charge in [-0.25, -0.2) is 9.67 Å². The second-order valence-corrected chi connectivity index (χ2v) is 7.04. The molecule has 1 aliphatic heterocycles. The molecule has 1 aliphatic rings. The highest BCUT2D eigenvalue weighted by atomic mass is 16.3. The normalized spacial score (nSPS) is 19.2. The van der Waals surface area contributed by atoms with Crippen molar-refractivity contribution >= 4 is 0 Å². The van der Waals surface area contributed by atoms with Crippen LogP contribution in [0.4, 0.5) is 0 Å². The van der Waals surface area contributed by atoms with Gasteiger partial charge in [-0.3, -0.25) is 0 Å². The summed E-state index contributed by atoms with van der Waals surface area (Å²) in [4.78, 5) is 6.71. The van der Waals surface area contributed by atoms with Crippen molar-refractivity contribution < 1.29 is 14.6 Å². The van der Waals surface area contributed by atoms with Gasteiger partial charge in [0.1, 0.15) is 5.60 Å². The van der Waals surface area contributed by atoms with Gasteiger partial charge < -0.3 is 19.5 Å². The molecule has 0 aromatic carbocycles. The summed E-state index contributed by atoms with van der Waals surface area (Å²) in [7, 11) is 2.04.